The monoisotopic (exact) mass is 440 g/mol. The molecule has 0 bridgehead atoms. The third kappa shape index (κ3) is 7.14. The highest BCUT2D eigenvalue weighted by Gasteiger charge is 2.42. The molecule has 0 aromatic rings. The van der Waals surface area contributed by atoms with E-state index in [0.29, 0.717) is 25.7 Å². The van der Waals surface area contributed by atoms with Gasteiger partial charge in [-0.25, -0.2) is 4.79 Å². The Bertz CT molecular complexity index is 672. The second kappa shape index (κ2) is 11.8. The maximum atomic E-state index is 12.4. The number of rotatable bonds is 10. The zero-order valence-electron chi connectivity index (χ0n) is 18.5. The maximum absolute atomic E-state index is 12.4. The van der Waals surface area contributed by atoms with Crippen LogP contribution in [0.3, 0.4) is 0 Å². The summed E-state index contributed by atoms with van der Waals surface area (Å²) < 4.78 is 5.84. The molecule has 0 unspecified atom stereocenters. The minimum atomic E-state index is -1.11. The lowest BCUT2D eigenvalue weighted by Gasteiger charge is -2.43. The fourth-order valence-corrected chi connectivity index (χ4v) is 4.55. The standard InChI is InChI=1S/C23H36O8/c1-4-13(2)23(28)30-20-11-17(25)9-15-6-5-14(3)19(22(15)20)8-7-16(24)10-18(26)12-21(27)31-29/h5-6,9,13-14,16-20,22,24-26,29H,4,7-8,10-12H2,1-3H3/t13-,14-,16+,17+,18+,19-,20-,22-/m0/s1. The van der Waals surface area contributed by atoms with Gasteiger partial charge in [-0.05, 0) is 43.1 Å². The highest BCUT2D eigenvalue weighted by molar-refractivity contribution is 5.72. The fourth-order valence-electron chi connectivity index (χ4n) is 4.55. The Hall–Kier alpha value is -1.74. The number of hydrogen-bond acceptors (Lipinski definition) is 8. The molecule has 8 atom stereocenters. The average molecular weight is 441 g/mol. The van der Waals surface area contributed by atoms with Gasteiger partial charge in [-0.2, -0.15) is 5.26 Å². The van der Waals surface area contributed by atoms with Crippen LogP contribution in [0.4, 0.5) is 0 Å². The van der Waals surface area contributed by atoms with Crippen LogP contribution >= 0.6 is 0 Å². The molecule has 0 radical (unpaired) electrons. The van der Waals surface area contributed by atoms with Crippen LogP contribution in [0.1, 0.15) is 59.3 Å². The molecular weight excluding hydrogens is 404 g/mol. The Morgan fingerprint density at radius 3 is 2.61 bits per heavy atom. The Labute approximate surface area is 183 Å². The Morgan fingerprint density at radius 1 is 1.26 bits per heavy atom. The average Bonchev–Trinajstić information content (AvgIpc) is 2.72. The van der Waals surface area contributed by atoms with Gasteiger partial charge in [0, 0.05) is 12.3 Å². The van der Waals surface area contributed by atoms with Crippen LogP contribution in [0.15, 0.2) is 23.8 Å². The highest BCUT2D eigenvalue weighted by atomic mass is 17.1. The van der Waals surface area contributed by atoms with Crippen molar-refractivity contribution in [3.63, 3.8) is 0 Å². The number of aliphatic hydroxyl groups is 3. The fraction of sp³-hybridized carbons (Fsp3) is 0.739. The van der Waals surface area contributed by atoms with E-state index in [2.05, 4.69) is 17.9 Å². The van der Waals surface area contributed by atoms with E-state index in [1.807, 2.05) is 26.0 Å². The number of carbonyl (C=O) groups excluding carboxylic acids is 2. The van der Waals surface area contributed by atoms with Crippen LogP contribution in [0, 0.1) is 23.7 Å². The molecule has 0 amide bonds. The maximum Gasteiger partial charge on any atom is 0.344 e. The van der Waals surface area contributed by atoms with Gasteiger partial charge >= 0.3 is 11.9 Å². The third-order valence-electron chi connectivity index (χ3n) is 6.54. The first-order chi connectivity index (χ1) is 14.7. The first-order valence-corrected chi connectivity index (χ1v) is 11.1. The van der Waals surface area contributed by atoms with Crippen LogP contribution in [-0.2, 0) is 19.2 Å². The summed E-state index contributed by atoms with van der Waals surface area (Å²) in [6.45, 7) is 5.83. The summed E-state index contributed by atoms with van der Waals surface area (Å²) in [6, 6.07) is 0. The number of allylic oxidation sites excluding steroid dienone is 2. The summed E-state index contributed by atoms with van der Waals surface area (Å²) in [6.07, 6.45) is 4.46. The van der Waals surface area contributed by atoms with E-state index in [1.165, 1.54) is 0 Å². The van der Waals surface area contributed by atoms with Crippen LogP contribution < -0.4 is 0 Å². The van der Waals surface area contributed by atoms with Crippen molar-refractivity contribution >= 4 is 11.9 Å². The van der Waals surface area contributed by atoms with Gasteiger partial charge < -0.3 is 24.9 Å². The number of fused-ring (bicyclic) bond motifs is 1. The predicted octanol–water partition coefficient (Wildman–Crippen LogP) is 2.37. The van der Waals surface area contributed by atoms with E-state index in [1.54, 1.807) is 0 Å². The van der Waals surface area contributed by atoms with Gasteiger partial charge in [0.05, 0.1) is 30.7 Å². The molecule has 31 heavy (non-hydrogen) atoms. The van der Waals surface area contributed by atoms with E-state index in [-0.39, 0.29) is 36.1 Å². The summed E-state index contributed by atoms with van der Waals surface area (Å²) >= 11 is 0. The lowest BCUT2D eigenvalue weighted by molar-refractivity contribution is -0.236. The lowest BCUT2D eigenvalue weighted by Crippen LogP contribution is -2.43. The topological polar surface area (TPSA) is 134 Å². The quantitative estimate of drug-likeness (QED) is 0.231. The summed E-state index contributed by atoms with van der Waals surface area (Å²) in [4.78, 5) is 27.0. The molecule has 2 rings (SSSR count). The molecule has 0 aromatic heterocycles. The van der Waals surface area contributed by atoms with E-state index >= 15 is 0 Å². The van der Waals surface area contributed by atoms with Crippen LogP contribution in [-0.4, -0.2) is 56.9 Å². The molecule has 176 valence electrons. The Kier molecular flexibility index (Phi) is 9.68. The van der Waals surface area contributed by atoms with Gasteiger partial charge in [0.2, 0.25) is 0 Å². The molecule has 0 saturated carbocycles. The van der Waals surface area contributed by atoms with E-state index in [4.69, 9.17) is 9.99 Å². The largest absolute Gasteiger partial charge is 0.461 e. The molecule has 0 spiro atoms. The molecule has 2 aliphatic carbocycles. The van der Waals surface area contributed by atoms with Crippen LogP contribution in [0.2, 0.25) is 0 Å². The number of ether oxygens (including phenoxy) is 1. The smallest absolute Gasteiger partial charge is 0.344 e. The number of aliphatic hydroxyl groups excluding tert-OH is 3. The lowest BCUT2D eigenvalue weighted by atomic mass is 9.66. The van der Waals surface area contributed by atoms with E-state index in [0.717, 1.165) is 5.57 Å². The van der Waals surface area contributed by atoms with Gasteiger partial charge in [0.15, 0.2) is 0 Å². The van der Waals surface area contributed by atoms with Crippen molar-refractivity contribution in [3.8, 4) is 0 Å². The molecule has 8 nitrogen and oxygen atoms in total. The molecular formula is C23H36O8. The second-order valence-corrected chi connectivity index (χ2v) is 8.95. The van der Waals surface area contributed by atoms with E-state index in [9.17, 15) is 24.9 Å². The molecule has 8 heteroatoms. The Balaban J connectivity index is 2.06. The first-order valence-electron chi connectivity index (χ1n) is 11.1. The molecule has 4 N–H and O–H groups in total. The van der Waals surface area contributed by atoms with Crippen LogP contribution in [0.5, 0.6) is 0 Å². The number of hydrogen-bond donors (Lipinski definition) is 4. The summed E-state index contributed by atoms with van der Waals surface area (Å²) in [5, 5.41) is 38.8. The zero-order valence-corrected chi connectivity index (χ0v) is 18.5. The second-order valence-electron chi connectivity index (χ2n) is 8.95. The van der Waals surface area contributed by atoms with Crippen molar-refractivity contribution in [1.29, 1.82) is 0 Å². The molecule has 2 aliphatic rings. The molecule has 0 aliphatic heterocycles. The van der Waals surface area contributed by atoms with Gasteiger partial charge in [-0.3, -0.25) is 4.79 Å². The first kappa shape index (κ1) is 25.5. The minimum absolute atomic E-state index is 0.00938. The third-order valence-corrected chi connectivity index (χ3v) is 6.54. The molecule has 0 aromatic carbocycles. The van der Waals surface area contributed by atoms with Gasteiger partial charge in [0.1, 0.15) is 6.10 Å². The van der Waals surface area contributed by atoms with Crippen molar-refractivity contribution in [2.75, 3.05) is 0 Å². The van der Waals surface area contributed by atoms with E-state index < -0.39 is 36.8 Å². The van der Waals surface area contributed by atoms with Crippen molar-refractivity contribution in [2.24, 2.45) is 23.7 Å². The summed E-state index contributed by atoms with van der Waals surface area (Å²) in [7, 11) is 0. The van der Waals surface area contributed by atoms with Crippen LogP contribution in [0.25, 0.3) is 0 Å². The Morgan fingerprint density at radius 2 is 1.97 bits per heavy atom. The SMILES string of the molecule is CC[C@H](C)C(=O)O[C@H]1C[C@H](O)C=C2C=C[C@H](C)[C@H](CC[C@@H](O)C[C@@H](O)CC(=O)OO)[C@H]21. The van der Waals surface area contributed by atoms with Crippen molar-refractivity contribution in [1.82, 2.24) is 0 Å². The normalized spacial score (nSPS) is 30.5. The number of esters is 1. The van der Waals surface area contributed by atoms with Crippen molar-refractivity contribution in [3.05, 3.63) is 23.8 Å². The molecule has 0 heterocycles. The van der Waals surface area contributed by atoms with Gasteiger partial charge in [-0.1, -0.05) is 39.0 Å². The van der Waals surface area contributed by atoms with Gasteiger partial charge in [0.25, 0.3) is 0 Å². The predicted molar refractivity (Wildman–Crippen MR) is 113 cm³/mol. The van der Waals surface area contributed by atoms with Gasteiger partial charge in [-0.15, -0.1) is 0 Å². The van der Waals surface area contributed by atoms with Crippen molar-refractivity contribution < 1.29 is 39.8 Å². The minimum Gasteiger partial charge on any atom is -0.461 e. The summed E-state index contributed by atoms with van der Waals surface area (Å²) in [5.74, 6) is -1.22. The highest BCUT2D eigenvalue weighted by Crippen LogP contribution is 2.44. The molecule has 0 saturated heterocycles. The number of carbonyl (C=O) groups is 2. The molecule has 0 fully saturated rings. The zero-order chi connectivity index (χ0) is 23.1. The van der Waals surface area contributed by atoms with Crippen molar-refractivity contribution in [2.45, 2.75) is 83.7 Å². The summed E-state index contributed by atoms with van der Waals surface area (Å²) in [5.41, 5.74) is 0.948.